The number of amides is 1. The third kappa shape index (κ3) is 3.55. The molecule has 6 heteroatoms. The number of anilines is 2. The molecule has 1 fully saturated rings. The topological polar surface area (TPSA) is 67.6 Å². The lowest BCUT2D eigenvalue weighted by Gasteiger charge is -2.28. The number of hydrogen-bond donors (Lipinski definition) is 1. The molecule has 0 unspecified atom stereocenters. The summed E-state index contributed by atoms with van der Waals surface area (Å²) in [6.07, 6.45) is 0.182. The summed E-state index contributed by atoms with van der Waals surface area (Å²) in [6, 6.07) is 13.7. The van der Waals surface area contributed by atoms with Crippen LogP contribution in [0.5, 0.6) is 0 Å². The maximum Gasteiger partial charge on any atom is 0.230 e. The number of ether oxygens (including phenoxy) is 1. The maximum absolute atomic E-state index is 12.4. The van der Waals surface area contributed by atoms with Crippen molar-refractivity contribution in [2.75, 3.05) is 36.5 Å². The molecule has 0 aliphatic carbocycles. The molecule has 1 amide bonds. The summed E-state index contributed by atoms with van der Waals surface area (Å²) in [5.41, 5.74) is 4.39. The molecule has 0 spiro atoms. The van der Waals surface area contributed by atoms with E-state index in [1.54, 1.807) is 0 Å². The Bertz CT molecular complexity index is 912. The van der Waals surface area contributed by atoms with Crippen molar-refractivity contribution in [3.8, 4) is 0 Å². The molecule has 3 aromatic rings. The first-order chi connectivity index (χ1) is 12.7. The van der Waals surface area contributed by atoms with Crippen LogP contribution in [0.1, 0.15) is 11.3 Å². The summed E-state index contributed by atoms with van der Waals surface area (Å²) in [4.78, 5) is 14.7. The predicted octanol–water partition coefficient (Wildman–Crippen LogP) is 3.15. The van der Waals surface area contributed by atoms with Gasteiger partial charge in [0.2, 0.25) is 5.91 Å². The summed E-state index contributed by atoms with van der Waals surface area (Å²) in [5, 5.41) is 7.86. The SMILES string of the molecule is Cc1ccc2onc(CC(=O)Nc3ccc(N4CCOCC4)cc3)c2c1. The van der Waals surface area contributed by atoms with Gasteiger partial charge in [-0.1, -0.05) is 16.8 Å². The molecule has 6 nitrogen and oxygen atoms in total. The number of hydrogen-bond acceptors (Lipinski definition) is 5. The van der Waals surface area contributed by atoms with Crippen LogP contribution in [-0.2, 0) is 16.0 Å². The molecular formula is C20H21N3O3. The highest BCUT2D eigenvalue weighted by atomic mass is 16.5. The summed E-state index contributed by atoms with van der Waals surface area (Å²) in [5.74, 6) is -0.110. The number of nitrogens with zero attached hydrogens (tertiary/aromatic N) is 2. The Morgan fingerprint density at radius 3 is 2.69 bits per heavy atom. The number of morpholine rings is 1. The fourth-order valence-electron chi connectivity index (χ4n) is 3.16. The van der Waals surface area contributed by atoms with Gasteiger partial charge in [0.1, 0.15) is 5.69 Å². The van der Waals surface area contributed by atoms with Crippen molar-refractivity contribution in [1.29, 1.82) is 0 Å². The molecular weight excluding hydrogens is 330 g/mol. The molecule has 1 aromatic heterocycles. The van der Waals surface area contributed by atoms with E-state index < -0.39 is 0 Å². The van der Waals surface area contributed by atoms with E-state index in [9.17, 15) is 4.79 Å². The van der Waals surface area contributed by atoms with Crippen LogP contribution >= 0.6 is 0 Å². The number of rotatable bonds is 4. The monoisotopic (exact) mass is 351 g/mol. The van der Waals surface area contributed by atoms with Gasteiger partial charge in [0, 0.05) is 29.9 Å². The highest BCUT2D eigenvalue weighted by molar-refractivity contribution is 5.94. The average Bonchev–Trinajstić information content (AvgIpc) is 3.05. The van der Waals surface area contributed by atoms with E-state index in [2.05, 4.69) is 15.4 Å². The number of carbonyl (C=O) groups excluding carboxylic acids is 1. The van der Waals surface area contributed by atoms with Crippen molar-refractivity contribution in [1.82, 2.24) is 5.16 Å². The van der Waals surface area contributed by atoms with E-state index in [-0.39, 0.29) is 12.3 Å². The van der Waals surface area contributed by atoms with Crippen molar-refractivity contribution in [2.24, 2.45) is 0 Å². The van der Waals surface area contributed by atoms with E-state index in [1.165, 1.54) is 0 Å². The van der Waals surface area contributed by atoms with Crippen LogP contribution in [0.25, 0.3) is 11.0 Å². The Morgan fingerprint density at radius 1 is 1.15 bits per heavy atom. The number of fused-ring (bicyclic) bond motifs is 1. The summed E-state index contributed by atoms with van der Waals surface area (Å²) < 4.78 is 10.7. The van der Waals surface area contributed by atoms with Crippen LogP contribution in [0.2, 0.25) is 0 Å². The predicted molar refractivity (Wildman–Crippen MR) is 101 cm³/mol. The lowest BCUT2D eigenvalue weighted by molar-refractivity contribution is -0.115. The van der Waals surface area contributed by atoms with Gasteiger partial charge >= 0.3 is 0 Å². The summed E-state index contributed by atoms with van der Waals surface area (Å²) in [6.45, 7) is 5.30. The second-order valence-electron chi connectivity index (χ2n) is 6.50. The first-order valence-electron chi connectivity index (χ1n) is 8.76. The number of aryl methyl sites for hydroxylation is 1. The first kappa shape index (κ1) is 16.6. The molecule has 2 heterocycles. The highest BCUT2D eigenvalue weighted by Gasteiger charge is 2.14. The zero-order valence-electron chi connectivity index (χ0n) is 14.7. The molecule has 1 saturated heterocycles. The smallest absolute Gasteiger partial charge is 0.230 e. The minimum absolute atomic E-state index is 0.110. The number of carbonyl (C=O) groups is 1. The third-order valence-corrected chi connectivity index (χ3v) is 4.56. The van der Waals surface area contributed by atoms with Crippen LogP contribution < -0.4 is 10.2 Å². The minimum Gasteiger partial charge on any atom is -0.378 e. The molecule has 1 aliphatic rings. The molecule has 134 valence electrons. The van der Waals surface area contributed by atoms with Gasteiger partial charge < -0.3 is 19.5 Å². The maximum atomic E-state index is 12.4. The second-order valence-corrected chi connectivity index (χ2v) is 6.50. The van der Waals surface area contributed by atoms with Crippen LogP contribution in [0, 0.1) is 6.92 Å². The van der Waals surface area contributed by atoms with Crippen molar-refractivity contribution >= 4 is 28.3 Å². The molecule has 1 aliphatic heterocycles. The van der Waals surface area contributed by atoms with Gasteiger partial charge in [0.15, 0.2) is 5.58 Å². The van der Waals surface area contributed by atoms with Gasteiger partial charge in [-0.2, -0.15) is 0 Å². The van der Waals surface area contributed by atoms with Crippen molar-refractivity contribution in [2.45, 2.75) is 13.3 Å². The quantitative estimate of drug-likeness (QED) is 0.782. The average molecular weight is 351 g/mol. The minimum atomic E-state index is -0.110. The number of benzene rings is 2. The zero-order valence-corrected chi connectivity index (χ0v) is 14.7. The molecule has 0 radical (unpaired) electrons. The Balaban J connectivity index is 1.41. The standard InChI is InChI=1S/C20H21N3O3/c1-14-2-7-19-17(12-14)18(22-26-19)13-20(24)21-15-3-5-16(6-4-15)23-8-10-25-11-9-23/h2-7,12H,8-11,13H2,1H3,(H,21,24). The number of aromatic nitrogens is 1. The molecule has 1 N–H and O–H groups in total. The lowest BCUT2D eigenvalue weighted by atomic mass is 10.1. The van der Waals surface area contributed by atoms with Crippen molar-refractivity contribution < 1.29 is 14.1 Å². The van der Waals surface area contributed by atoms with Gasteiger partial charge in [0.05, 0.1) is 19.6 Å². The summed E-state index contributed by atoms with van der Waals surface area (Å²) in [7, 11) is 0. The van der Waals surface area contributed by atoms with Crippen LogP contribution in [0.3, 0.4) is 0 Å². The van der Waals surface area contributed by atoms with Crippen LogP contribution in [0.4, 0.5) is 11.4 Å². The molecule has 2 aromatic carbocycles. The highest BCUT2D eigenvalue weighted by Crippen LogP contribution is 2.22. The fourth-order valence-corrected chi connectivity index (χ4v) is 3.16. The Labute approximate surface area is 151 Å². The van der Waals surface area contributed by atoms with E-state index >= 15 is 0 Å². The van der Waals surface area contributed by atoms with E-state index in [1.807, 2.05) is 49.4 Å². The molecule has 26 heavy (non-hydrogen) atoms. The largest absolute Gasteiger partial charge is 0.378 e. The van der Waals surface area contributed by atoms with Crippen molar-refractivity contribution in [3.05, 3.63) is 53.7 Å². The third-order valence-electron chi connectivity index (χ3n) is 4.56. The van der Waals surface area contributed by atoms with E-state index in [0.29, 0.717) is 11.3 Å². The van der Waals surface area contributed by atoms with Gasteiger partial charge in [-0.3, -0.25) is 4.79 Å². The normalized spacial score (nSPS) is 14.6. The lowest BCUT2D eigenvalue weighted by Crippen LogP contribution is -2.36. The van der Waals surface area contributed by atoms with E-state index in [4.69, 9.17) is 9.26 Å². The number of nitrogens with one attached hydrogen (secondary N) is 1. The Hall–Kier alpha value is -2.86. The van der Waals surface area contributed by atoms with Crippen LogP contribution in [0.15, 0.2) is 47.0 Å². The van der Waals surface area contributed by atoms with Crippen molar-refractivity contribution in [3.63, 3.8) is 0 Å². The first-order valence-corrected chi connectivity index (χ1v) is 8.76. The molecule has 0 bridgehead atoms. The molecule has 0 atom stereocenters. The fraction of sp³-hybridized carbons (Fsp3) is 0.300. The van der Waals surface area contributed by atoms with Gasteiger partial charge in [-0.25, -0.2) is 0 Å². The molecule has 4 rings (SSSR count). The summed E-state index contributed by atoms with van der Waals surface area (Å²) >= 11 is 0. The second kappa shape index (κ2) is 7.17. The van der Waals surface area contributed by atoms with Crippen LogP contribution in [-0.4, -0.2) is 37.4 Å². The zero-order chi connectivity index (χ0) is 17.9. The van der Waals surface area contributed by atoms with Gasteiger partial charge in [-0.05, 0) is 43.3 Å². The van der Waals surface area contributed by atoms with Gasteiger partial charge in [0.25, 0.3) is 0 Å². The Kier molecular flexibility index (Phi) is 4.58. The molecule has 0 saturated carbocycles. The van der Waals surface area contributed by atoms with E-state index in [0.717, 1.165) is 48.6 Å². The Morgan fingerprint density at radius 2 is 1.92 bits per heavy atom. The van der Waals surface area contributed by atoms with Gasteiger partial charge in [-0.15, -0.1) is 0 Å².